The minimum atomic E-state index is -2.91. The smallest absolute Gasteiger partial charge is 0.278 e. The molecule has 0 spiro atoms. The molecule has 2 heterocycles. The summed E-state index contributed by atoms with van der Waals surface area (Å²) in [6.45, 7) is 5.92. The minimum Gasteiger partial charge on any atom is -0.471 e. The number of alkyl halides is 2. The Hall–Kier alpha value is -2.61. The van der Waals surface area contributed by atoms with E-state index in [-0.39, 0.29) is 17.8 Å². The van der Waals surface area contributed by atoms with Crippen LogP contribution in [0.15, 0.2) is 42.9 Å². The number of amides is 1. The Labute approximate surface area is 164 Å². The quantitative estimate of drug-likeness (QED) is 0.747. The molecule has 6 nitrogen and oxygen atoms in total. The number of nitrogens with two attached hydrogens (primary N) is 1. The Bertz CT molecular complexity index is 704. The van der Waals surface area contributed by atoms with Crippen LogP contribution in [-0.2, 0) is 0 Å². The van der Waals surface area contributed by atoms with Gasteiger partial charge in [-0.25, -0.2) is 13.8 Å². The number of aromatic nitrogens is 2. The fourth-order valence-electron chi connectivity index (χ4n) is 1.80. The predicted octanol–water partition coefficient (Wildman–Crippen LogP) is 3.75. The summed E-state index contributed by atoms with van der Waals surface area (Å²) in [5.74, 6) is -3.03. The highest BCUT2D eigenvalue weighted by molar-refractivity contribution is 5.94. The zero-order valence-electron chi connectivity index (χ0n) is 16.7. The van der Waals surface area contributed by atoms with Gasteiger partial charge in [0.1, 0.15) is 0 Å². The third-order valence-corrected chi connectivity index (χ3v) is 3.67. The standard InChI is InChI=1S/C16H17F2N3O2.C4H11N/c1-11(21-15(22)12-5-7-19-8-6-12)13-3-4-14(20-9-13)23-10-16(2,17)18;1-3-4(2)5/h3-9,11H,10H2,1-2H3,(H,21,22);4H,3,5H2,1-2H3. The van der Waals surface area contributed by atoms with Gasteiger partial charge in [0, 0.05) is 43.2 Å². The van der Waals surface area contributed by atoms with Crippen LogP contribution in [-0.4, -0.2) is 34.4 Å². The normalized spacial score (nSPS) is 13.0. The molecule has 0 radical (unpaired) electrons. The highest BCUT2D eigenvalue weighted by Gasteiger charge is 2.22. The predicted molar refractivity (Wildman–Crippen MR) is 104 cm³/mol. The van der Waals surface area contributed by atoms with E-state index in [2.05, 4.69) is 22.2 Å². The molecule has 28 heavy (non-hydrogen) atoms. The van der Waals surface area contributed by atoms with Crippen molar-refractivity contribution in [3.8, 4) is 5.88 Å². The second-order valence-corrected chi connectivity index (χ2v) is 6.61. The van der Waals surface area contributed by atoms with E-state index >= 15 is 0 Å². The van der Waals surface area contributed by atoms with Gasteiger partial charge in [-0.1, -0.05) is 13.0 Å². The summed E-state index contributed by atoms with van der Waals surface area (Å²) >= 11 is 0. The third-order valence-electron chi connectivity index (χ3n) is 3.67. The summed E-state index contributed by atoms with van der Waals surface area (Å²) in [6, 6.07) is 6.49. The topological polar surface area (TPSA) is 90.1 Å². The summed E-state index contributed by atoms with van der Waals surface area (Å²) in [7, 11) is 0. The van der Waals surface area contributed by atoms with Crippen molar-refractivity contribution in [3.63, 3.8) is 0 Å². The van der Waals surface area contributed by atoms with Gasteiger partial charge in [0.05, 0.1) is 6.04 Å². The molecule has 0 saturated carbocycles. The van der Waals surface area contributed by atoms with Crippen molar-refractivity contribution >= 4 is 5.91 Å². The average molecular weight is 394 g/mol. The van der Waals surface area contributed by atoms with Gasteiger partial charge in [-0.15, -0.1) is 0 Å². The molecule has 0 saturated heterocycles. The summed E-state index contributed by atoms with van der Waals surface area (Å²) < 4.78 is 30.3. The van der Waals surface area contributed by atoms with Crippen molar-refractivity contribution in [2.45, 2.75) is 52.1 Å². The van der Waals surface area contributed by atoms with E-state index in [1.807, 2.05) is 6.92 Å². The Morgan fingerprint density at radius 2 is 1.86 bits per heavy atom. The van der Waals surface area contributed by atoms with Crippen LogP contribution in [0.5, 0.6) is 5.88 Å². The van der Waals surface area contributed by atoms with Gasteiger partial charge >= 0.3 is 0 Å². The van der Waals surface area contributed by atoms with E-state index in [0.717, 1.165) is 18.9 Å². The molecule has 0 bridgehead atoms. The van der Waals surface area contributed by atoms with E-state index < -0.39 is 12.5 Å². The zero-order valence-corrected chi connectivity index (χ0v) is 16.7. The van der Waals surface area contributed by atoms with Crippen molar-refractivity contribution < 1.29 is 18.3 Å². The first kappa shape index (κ1) is 23.4. The van der Waals surface area contributed by atoms with Gasteiger partial charge in [-0.05, 0) is 38.0 Å². The summed E-state index contributed by atoms with van der Waals surface area (Å²) in [5, 5.41) is 2.82. The molecule has 2 atom stereocenters. The van der Waals surface area contributed by atoms with Crippen LogP contribution in [0.3, 0.4) is 0 Å². The maximum absolute atomic E-state index is 12.7. The van der Waals surface area contributed by atoms with E-state index in [4.69, 9.17) is 10.5 Å². The van der Waals surface area contributed by atoms with Gasteiger partial charge < -0.3 is 15.8 Å². The number of hydrogen-bond acceptors (Lipinski definition) is 5. The lowest BCUT2D eigenvalue weighted by atomic mass is 10.1. The number of carbonyl (C=O) groups excluding carboxylic acids is 1. The molecule has 0 aliphatic rings. The Kier molecular flexibility index (Phi) is 9.44. The maximum atomic E-state index is 12.7. The maximum Gasteiger partial charge on any atom is 0.278 e. The van der Waals surface area contributed by atoms with Crippen LogP contribution >= 0.6 is 0 Å². The lowest BCUT2D eigenvalue weighted by Crippen LogP contribution is -2.26. The molecule has 154 valence electrons. The molecule has 2 aromatic heterocycles. The minimum absolute atomic E-state index is 0.114. The SMILES string of the molecule is CC(NC(=O)c1ccncc1)c1ccc(OCC(C)(F)F)nc1.CCC(C)N. The first-order chi connectivity index (χ1) is 13.1. The number of ether oxygens (including phenoxy) is 1. The molecule has 1 amide bonds. The molecular weight excluding hydrogens is 366 g/mol. The van der Waals surface area contributed by atoms with Crippen LogP contribution in [0.2, 0.25) is 0 Å². The van der Waals surface area contributed by atoms with Gasteiger partial charge in [-0.3, -0.25) is 9.78 Å². The lowest BCUT2D eigenvalue weighted by molar-refractivity contribution is -0.0242. The van der Waals surface area contributed by atoms with Crippen LogP contribution < -0.4 is 15.8 Å². The highest BCUT2D eigenvalue weighted by Crippen LogP contribution is 2.18. The molecule has 8 heteroatoms. The van der Waals surface area contributed by atoms with E-state index in [0.29, 0.717) is 11.6 Å². The summed E-state index contributed by atoms with van der Waals surface area (Å²) in [5.41, 5.74) is 6.54. The van der Waals surface area contributed by atoms with Crippen molar-refractivity contribution in [3.05, 3.63) is 54.0 Å². The molecule has 3 N–H and O–H groups in total. The van der Waals surface area contributed by atoms with Crippen molar-refractivity contribution in [1.29, 1.82) is 0 Å². The number of nitrogens with one attached hydrogen (secondary N) is 1. The zero-order chi connectivity index (χ0) is 21.2. The molecule has 2 unspecified atom stereocenters. The van der Waals surface area contributed by atoms with Crippen molar-refractivity contribution in [2.75, 3.05) is 6.61 Å². The van der Waals surface area contributed by atoms with Crippen LogP contribution in [0.25, 0.3) is 0 Å². The van der Waals surface area contributed by atoms with Crippen molar-refractivity contribution in [1.82, 2.24) is 15.3 Å². The van der Waals surface area contributed by atoms with Gasteiger partial charge in [-0.2, -0.15) is 0 Å². The first-order valence-electron chi connectivity index (χ1n) is 9.05. The monoisotopic (exact) mass is 394 g/mol. The third kappa shape index (κ3) is 9.36. The van der Waals surface area contributed by atoms with Crippen LogP contribution in [0, 0.1) is 0 Å². The number of pyridine rings is 2. The number of hydrogen-bond donors (Lipinski definition) is 2. The number of nitrogens with zero attached hydrogens (tertiary/aromatic N) is 2. The second kappa shape index (κ2) is 11.3. The molecular formula is C20H28F2N4O2. The fraction of sp³-hybridized carbons (Fsp3) is 0.450. The number of carbonyl (C=O) groups is 1. The van der Waals surface area contributed by atoms with Crippen LogP contribution in [0.4, 0.5) is 8.78 Å². The molecule has 0 aromatic carbocycles. The largest absolute Gasteiger partial charge is 0.471 e. The summed E-state index contributed by atoms with van der Waals surface area (Å²) in [6.07, 6.45) is 5.65. The van der Waals surface area contributed by atoms with Gasteiger partial charge in [0.25, 0.3) is 11.8 Å². The van der Waals surface area contributed by atoms with E-state index in [1.165, 1.54) is 24.7 Å². The molecule has 2 rings (SSSR count). The van der Waals surface area contributed by atoms with Gasteiger partial charge in [0.15, 0.2) is 6.61 Å². The fourth-order valence-corrected chi connectivity index (χ4v) is 1.80. The van der Waals surface area contributed by atoms with Gasteiger partial charge in [0.2, 0.25) is 5.88 Å². The highest BCUT2D eigenvalue weighted by atomic mass is 19.3. The van der Waals surface area contributed by atoms with Crippen molar-refractivity contribution in [2.24, 2.45) is 5.73 Å². The van der Waals surface area contributed by atoms with E-state index in [1.54, 1.807) is 25.1 Å². The Morgan fingerprint density at radius 3 is 2.32 bits per heavy atom. The Morgan fingerprint density at radius 1 is 1.25 bits per heavy atom. The average Bonchev–Trinajstić information content (AvgIpc) is 2.67. The number of rotatable bonds is 7. The molecule has 2 aromatic rings. The lowest BCUT2D eigenvalue weighted by Gasteiger charge is -2.15. The Balaban J connectivity index is 0.000000696. The molecule has 0 aliphatic carbocycles. The number of halogens is 2. The molecule has 0 aliphatic heterocycles. The molecule has 0 fully saturated rings. The first-order valence-corrected chi connectivity index (χ1v) is 9.05. The van der Waals surface area contributed by atoms with E-state index in [9.17, 15) is 13.6 Å². The second-order valence-electron chi connectivity index (χ2n) is 6.61. The summed E-state index contributed by atoms with van der Waals surface area (Å²) in [4.78, 5) is 19.9. The van der Waals surface area contributed by atoms with Crippen LogP contribution in [0.1, 0.15) is 56.1 Å².